The second kappa shape index (κ2) is 5.09. The Labute approximate surface area is 114 Å². The van der Waals surface area contributed by atoms with Crippen LogP contribution in [0.3, 0.4) is 0 Å². The number of hydrogen-bond donors (Lipinski definition) is 1. The van der Waals surface area contributed by atoms with E-state index >= 15 is 0 Å². The van der Waals surface area contributed by atoms with Crippen molar-refractivity contribution in [1.29, 1.82) is 0 Å². The highest BCUT2D eigenvalue weighted by molar-refractivity contribution is 5.81. The van der Waals surface area contributed by atoms with Gasteiger partial charge in [0.25, 0.3) is 0 Å². The molecule has 1 N–H and O–H groups in total. The molecule has 1 aliphatic carbocycles. The fourth-order valence-electron chi connectivity index (χ4n) is 2.55. The van der Waals surface area contributed by atoms with Crippen molar-refractivity contribution >= 4 is 5.78 Å². The number of ether oxygens (including phenoxy) is 1. The molecular formula is C14H15F3O3. The van der Waals surface area contributed by atoms with Gasteiger partial charge < -0.3 is 9.84 Å². The second-order valence-electron chi connectivity index (χ2n) is 5.12. The maximum absolute atomic E-state index is 12.9. The molecule has 1 aromatic rings. The molecule has 1 aliphatic rings. The SMILES string of the molecule is COc1ccc([C@H]2CC(=O)C[C@@](O)(C(F)(F)F)C2)cc1. The van der Waals surface area contributed by atoms with E-state index in [1.807, 2.05) is 0 Å². The van der Waals surface area contributed by atoms with Crippen molar-refractivity contribution < 1.29 is 27.8 Å². The van der Waals surface area contributed by atoms with Crippen LogP contribution in [0.25, 0.3) is 0 Å². The van der Waals surface area contributed by atoms with Gasteiger partial charge in [-0.1, -0.05) is 12.1 Å². The van der Waals surface area contributed by atoms with Crippen LogP contribution in [0.4, 0.5) is 13.2 Å². The Bertz CT molecular complexity index is 495. The zero-order chi connectivity index (χ0) is 15.0. The molecule has 0 bridgehead atoms. The van der Waals surface area contributed by atoms with E-state index in [0.717, 1.165) is 0 Å². The van der Waals surface area contributed by atoms with E-state index in [4.69, 9.17) is 4.74 Å². The van der Waals surface area contributed by atoms with Gasteiger partial charge in [0.1, 0.15) is 11.5 Å². The van der Waals surface area contributed by atoms with Crippen LogP contribution in [0.1, 0.15) is 30.7 Å². The van der Waals surface area contributed by atoms with Crippen molar-refractivity contribution in [2.75, 3.05) is 7.11 Å². The van der Waals surface area contributed by atoms with Gasteiger partial charge in [-0.25, -0.2) is 0 Å². The number of benzene rings is 1. The fourth-order valence-corrected chi connectivity index (χ4v) is 2.55. The van der Waals surface area contributed by atoms with E-state index in [1.165, 1.54) is 7.11 Å². The molecule has 0 spiro atoms. The summed E-state index contributed by atoms with van der Waals surface area (Å²) in [5, 5.41) is 9.74. The summed E-state index contributed by atoms with van der Waals surface area (Å²) in [6.45, 7) is 0. The average Bonchev–Trinajstić information content (AvgIpc) is 2.36. The molecule has 20 heavy (non-hydrogen) atoms. The average molecular weight is 288 g/mol. The number of aliphatic hydroxyl groups is 1. The molecule has 1 fully saturated rings. The highest BCUT2D eigenvalue weighted by Gasteiger charge is 2.57. The van der Waals surface area contributed by atoms with Gasteiger partial charge in [-0.05, 0) is 30.0 Å². The zero-order valence-corrected chi connectivity index (χ0v) is 10.9. The molecule has 1 saturated carbocycles. The predicted molar refractivity (Wildman–Crippen MR) is 65.6 cm³/mol. The molecule has 0 saturated heterocycles. The third-order valence-electron chi connectivity index (χ3n) is 3.66. The van der Waals surface area contributed by atoms with Crippen LogP contribution in [0.15, 0.2) is 24.3 Å². The zero-order valence-electron chi connectivity index (χ0n) is 10.9. The third-order valence-corrected chi connectivity index (χ3v) is 3.66. The van der Waals surface area contributed by atoms with Gasteiger partial charge in [0, 0.05) is 12.8 Å². The van der Waals surface area contributed by atoms with Crippen molar-refractivity contribution in [2.24, 2.45) is 0 Å². The minimum absolute atomic E-state index is 0.0186. The van der Waals surface area contributed by atoms with Gasteiger partial charge in [0.05, 0.1) is 7.11 Å². The van der Waals surface area contributed by atoms with E-state index < -0.39 is 36.3 Å². The Hall–Kier alpha value is -1.56. The molecule has 6 heteroatoms. The van der Waals surface area contributed by atoms with Crippen molar-refractivity contribution in [3.63, 3.8) is 0 Å². The van der Waals surface area contributed by atoms with E-state index in [2.05, 4.69) is 0 Å². The minimum Gasteiger partial charge on any atom is -0.497 e. The summed E-state index contributed by atoms with van der Waals surface area (Å²) in [7, 11) is 1.49. The molecule has 2 atom stereocenters. The highest BCUT2D eigenvalue weighted by atomic mass is 19.4. The molecular weight excluding hydrogens is 273 g/mol. The number of rotatable bonds is 2. The van der Waals surface area contributed by atoms with Crippen LogP contribution in [0.2, 0.25) is 0 Å². The maximum Gasteiger partial charge on any atom is 0.417 e. The number of carbonyl (C=O) groups is 1. The van der Waals surface area contributed by atoms with Gasteiger partial charge in [-0.15, -0.1) is 0 Å². The summed E-state index contributed by atoms with van der Waals surface area (Å²) in [4.78, 5) is 11.5. The lowest BCUT2D eigenvalue weighted by molar-refractivity contribution is -0.267. The van der Waals surface area contributed by atoms with E-state index in [1.54, 1.807) is 24.3 Å². The number of methoxy groups -OCH3 is 1. The van der Waals surface area contributed by atoms with Crippen LogP contribution < -0.4 is 4.74 Å². The number of halogens is 3. The van der Waals surface area contributed by atoms with E-state index in [9.17, 15) is 23.1 Å². The molecule has 2 rings (SSSR count). The normalized spacial score (nSPS) is 27.4. The summed E-state index contributed by atoms with van der Waals surface area (Å²) >= 11 is 0. The molecule has 0 aromatic heterocycles. The van der Waals surface area contributed by atoms with Crippen molar-refractivity contribution in [3.05, 3.63) is 29.8 Å². The second-order valence-corrected chi connectivity index (χ2v) is 5.12. The van der Waals surface area contributed by atoms with Crippen LogP contribution >= 0.6 is 0 Å². The first-order chi connectivity index (χ1) is 9.25. The molecule has 0 unspecified atom stereocenters. The van der Waals surface area contributed by atoms with Gasteiger partial charge in [-0.3, -0.25) is 4.79 Å². The predicted octanol–water partition coefficient (Wildman–Crippen LogP) is 2.83. The monoisotopic (exact) mass is 288 g/mol. The smallest absolute Gasteiger partial charge is 0.417 e. The quantitative estimate of drug-likeness (QED) is 0.910. The number of carbonyl (C=O) groups excluding carboxylic acids is 1. The van der Waals surface area contributed by atoms with Gasteiger partial charge >= 0.3 is 6.18 Å². The molecule has 1 aromatic carbocycles. The molecule has 110 valence electrons. The number of ketones is 1. The number of hydrogen-bond acceptors (Lipinski definition) is 3. The molecule has 0 aliphatic heterocycles. The lowest BCUT2D eigenvalue weighted by Gasteiger charge is -2.37. The lowest BCUT2D eigenvalue weighted by Crippen LogP contribution is -2.50. The number of alkyl halides is 3. The molecule has 3 nitrogen and oxygen atoms in total. The number of Topliss-reactive ketones (excluding diaryl/α,β-unsaturated/α-hetero) is 1. The van der Waals surface area contributed by atoms with Gasteiger partial charge in [0.15, 0.2) is 5.60 Å². The highest BCUT2D eigenvalue weighted by Crippen LogP contribution is 2.45. The summed E-state index contributed by atoms with van der Waals surface area (Å²) in [6.07, 6.45) is -6.13. The third kappa shape index (κ3) is 2.80. The molecule has 0 radical (unpaired) electrons. The Morgan fingerprint density at radius 2 is 1.90 bits per heavy atom. The van der Waals surface area contributed by atoms with Gasteiger partial charge in [-0.2, -0.15) is 13.2 Å². The van der Waals surface area contributed by atoms with Crippen LogP contribution in [-0.2, 0) is 4.79 Å². The van der Waals surface area contributed by atoms with Crippen LogP contribution in [-0.4, -0.2) is 29.8 Å². The molecule has 0 heterocycles. The van der Waals surface area contributed by atoms with E-state index in [-0.39, 0.29) is 6.42 Å². The standard InChI is InChI=1S/C14H15F3O3/c1-20-12-4-2-9(3-5-12)10-6-11(18)8-13(19,7-10)14(15,16)17/h2-5,10,19H,6-8H2,1H3/t10-,13+/m0/s1. The largest absolute Gasteiger partial charge is 0.497 e. The molecule has 0 amide bonds. The topological polar surface area (TPSA) is 46.5 Å². The maximum atomic E-state index is 12.9. The van der Waals surface area contributed by atoms with E-state index in [0.29, 0.717) is 11.3 Å². The first-order valence-corrected chi connectivity index (χ1v) is 6.20. The summed E-state index contributed by atoms with van der Waals surface area (Å²) in [5.41, 5.74) is -2.33. The summed E-state index contributed by atoms with van der Waals surface area (Å²) in [6, 6.07) is 6.50. The first-order valence-electron chi connectivity index (χ1n) is 6.20. The Balaban J connectivity index is 2.25. The Morgan fingerprint density at radius 3 is 2.40 bits per heavy atom. The van der Waals surface area contributed by atoms with Gasteiger partial charge in [0.2, 0.25) is 0 Å². The van der Waals surface area contributed by atoms with Crippen LogP contribution in [0.5, 0.6) is 5.75 Å². The van der Waals surface area contributed by atoms with Crippen LogP contribution in [0, 0.1) is 0 Å². The van der Waals surface area contributed by atoms with Crippen molar-refractivity contribution in [2.45, 2.75) is 37.0 Å². The summed E-state index contributed by atoms with van der Waals surface area (Å²) < 4.78 is 43.6. The van der Waals surface area contributed by atoms with Crippen molar-refractivity contribution in [1.82, 2.24) is 0 Å². The Morgan fingerprint density at radius 1 is 1.30 bits per heavy atom. The minimum atomic E-state index is -4.80. The Kier molecular flexibility index (Phi) is 3.77. The lowest BCUT2D eigenvalue weighted by atomic mass is 9.74. The fraction of sp³-hybridized carbons (Fsp3) is 0.500. The summed E-state index contributed by atoms with van der Waals surface area (Å²) in [5.74, 6) is -0.618. The van der Waals surface area contributed by atoms with Crippen molar-refractivity contribution in [3.8, 4) is 5.75 Å². The first kappa shape index (κ1) is 14.8.